The summed E-state index contributed by atoms with van der Waals surface area (Å²) < 4.78 is 0. The minimum atomic E-state index is 0.564. The topological polar surface area (TPSA) is 45.4 Å². The fourth-order valence-electron chi connectivity index (χ4n) is 2.31. The number of rotatable bonds is 2. The quantitative estimate of drug-likeness (QED) is 0.829. The summed E-state index contributed by atoms with van der Waals surface area (Å²) in [5, 5.41) is 0. The molecule has 2 rings (SSSR count). The van der Waals surface area contributed by atoms with Crippen molar-refractivity contribution in [2.75, 3.05) is 38.1 Å². The molecule has 94 valence electrons. The van der Waals surface area contributed by atoms with E-state index in [9.17, 15) is 0 Å². The summed E-state index contributed by atoms with van der Waals surface area (Å²) in [5.41, 5.74) is 9.29. The smallest absolute Gasteiger partial charge is 0.0445 e. The van der Waals surface area contributed by atoms with Crippen LogP contribution >= 0.6 is 0 Å². The van der Waals surface area contributed by atoms with Crippen LogP contribution in [0, 0.1) is 6.92 Å². The second-order valence-electron chi connectivity index (χ2n) is 4.80. The maximum atomic E-state index is 5.80. The highest BCUT2D eigenvalue weighted by Gasteiger charge is 2.15. The van der Waals surface area contributed by atoms with Crippen molar-refractivity contribution in [3.8, 4) is 0 Å². The summed E-state index contributed by atoms with van der Waals surface area (Å²) in [6.07, 6.45) is 3.13. The van der Waals surface area contributed by atoms with Gasteiger partial charge >= 0.3 is 0 Å². The molecule has 0 aromatic carbocycles. The van der Waals surface area contributed by atoms with Crippen molar-refractivity contribution in [1.82, 2.24) is 9.88 Å². The molecule has 17 heavy (non-hydrogen) atoms. The average Bonchev–Trinajstić information content (AvgIpc) is 2.54. The Balaban J connectivity index is 2.22. The van der Waals surface area contributed by atoms with Gasteiger partial charge in [-0.1, -0.05) is 0 Å². The Morgan fingerprint density at radius 1 is 1.29 bits per heavy atom. The Kier molecular flexibility index (Phi) is 3.97. The lowest BCUT2D eigenvalue weighted by molar-refractivity contribution is 0.360. The van der Waals surface area contributed by atoms with E-state index in [1.54, 1.807) is 0 Å². The third-order valence-corrected chi connectivity index (χ3v) is 3.38. The monoisotopic (exact) mass is 234 g/mol. The molecule has 1 aromatic rings. The molecule has 0 unspecified atom stereocenters. The molecule has 1 fully saturated rings. The third-order valence-electron chi connectivity index (χ3n) is 3.38. The summed E-state index contributed by atoms with van der Waals surface area (Å²) >= 11 is 0. The first-order valence-electron chi connectivity index (χ1n) is 6.30. The molecule has 1 aliphatic rings. The van der Waals surface area contributed by atoms with Crippen molar-refractivity contribution in [1.29, 1.82) is 0 Å². The van der Waals surface area contributed by atoms with Crippen molar-refractivity contribution in [3.63, 3.8) is 0 Å². The molecule has 0 atom stereocenters. The molecule has 4 heteroatoms. The minimum Gasteiger partial charge on any atom is -0.370 e. The van der Waals surface area contributed by atoms with Gasteiger partial charge in [0.15, 0.2) is 0 Å². The first-order chi connectivity index (χ1) is 8.20. The molecular weight excluding hydrogens is 212 g/mol. The summed E-state index contributed by atoms with van der Waals surface area (Å²) in [4.78, 5) is 9.16. The SMILES string of the molecule is Cc1cc(N2CCCN(C)CC2)c(CN)cn1. The van der Waals surface area contributed by atoms with E-state index in [2.05, 4.69) is 27.9 Å². The Hall–Kier alpha value is -1.13. The molecule has 2 heterocycles. The van der Waals surface area contributed by atoms with Gasteiger partial charge in [-0.2, -0.15) is 0 Å². The number of pyridine rings is 1. The average molecular weight is 234 g/mol. The summed E-state index contributed by atoms with van der Waals surface area (Å²) in [6.45, 7) is 7.08. The normalized spacial score (nSPS) is 18.2. The van der Waals surface area contributed by atoms with E-state index in [0.717, 1.165) is 30.9 Å². The van der Waals surface area contributed by atoms with Crippen LogP contribution in [0.4, 0.5) is 5.69 Å². The standard InChI is InChI=1S/C13H22N4/c1-11-8-13(12(9-14)10-15-11)17-5-3-4-16(2)6-7-17/h8,10H,3-7,9,14H2,1-2H3. The van der Waals surface area contributed by atoms with Crippen LogP contribution in [0.25, 0.3) is 0 Å². The molecule has 2 N–H and O–H groups in total. The first kappa shape index (κ1) is 12.3. The van der Waals surface area contributed by atoms with Crippen LogP contribution in [0.15, 0.2) is 12.3 Å². The highest BCUT2D eigenvalue weighted by Crippen LogP contribution is 2.21. The van der Waals surface area contributed by atoms with Gasteiger partial charge < -0.3 is 15.5 Å². The fourth-order valence-corrected chi connectivity index (χ4v) is 2.31. The van der Waals surface area contributed by atoms with Gasteiger partial charge in [-0.3, -0.25) is 4.98 Å². The van der Waals surface area contributed by atoms with E-state index in [4.69, 9.17) is 5.73 Å². The van der Waals surface area contributed by atoms with Crippen LogP contribution in [-0.2, 0) is 6.54 Å². The van der Waals surface area contributed by atoms with Crippen molar-refractivity contribution < 1.29 is 0 Å². The number of likely N-dealkylation sites (N-methyl/N-ethyl adjacent to an activating group) is 1. The Bertz CT molecular complexity index is 378. The molecular formula is C13H22N4. The molecule has 1 aliphatic heterocycles. The first-order valence-corrected chi connectivity index (χ1v) is 6.30. The van der Waals surface area contributed by atoms with Gasteiger partial charge in [0, 0.05) is 49.3 Å². The highest BCUT2D eigenvalue weighted by molar-refractivity contribution is 5.53. The van der Waals surface area contributed by atoms with Crippen molar-refractivity contribution in [3.05, 3.63) is 23.5 Å². The van der Waals surface area contributed by atoms with E-state index < -0.39 is 0 Å². The van der Waals surface area contributed by atoms with Crippen LogP contribution in [0.3, 0.4) is 0 Å². The minimum absolute atomic E-state index is 0.564. The Labute approximate surface area is 103 Å². The van der Waals surface area contributed by atoms with Crippen LogP contribution < -0.4 is 10.6 Å². The van der Waals surface area contributed by atoms with Gasteiger partial charge in [-0.05, 0) is 33.0 Å². The van der Waals surface area contributed by atoms with Gasteiger partial charge in [0.2, 0.25) is 0 Å². The van der Waals surface area contributed by atoms with Gasteiger partial charge in [-0.25, -0.2) is 0 Å². The van der Waals surface area contributed by atoms with Gasteiger partial charge in [-0.15, -0.1) is 0 Å². The predicted molar refractivity (Wildman–Crippen MR) is 71.2 cm³/mol. The van der Waals surface area contributed by atoms with Crippen LogP contribution in [0.5, 0.6) is 0 Å². The number of nitrogens with zero attached hydrogens (tertiary/aromatic N) is 3. The number of aryl methyl sites for hydroxylation is 1. The van der Waals surface area contributed by atoms with Crippen LogP contribution in [-0.4, -0.2) is 43.1 Å². The summed E-state index contributed by atoms with van der Waals surface area (Å²) in [5.74, 6) is 0. The zero-order chi connectivity index (χ0) is 12.3. The Morgan fingerprint density at radius 2 is 2.12 bits per heavy atom. The second kappa shape index (κ2) is 5.47. The van der Waals surface area contributed by atoms with Gasteiger partial charge in [0.1, 0.15) is 0 Å². The second-order valence-corrected chi connectivity index (χ2v) is 4.80. The number of aromatic nitrogens is 1. The molecule has 0 amide bonds. The van der Waals surface area contributed by atoms with E-state index in [-0.39, 0.29) is 0 Å². The number of hydrogen-bond donors (Lipinski definition) is 1. The van der Waals surface area contributed by atoms with Gasteiger partial charge in [0.05, 0.1) is 0 Å². The largest absolute Gasteiger partial charge is 0.370 e. The lowest BCUT2D eigenvalue weighted by Gasteiger charge is -2.25. The number of anilines is 1. The molecule has 0 aliphatic carbocycles. The van der Waals surface area contributed by atoms with Crippen molar-refractivity contribution in [2.24, 2.45) is 5.73 Å². The maximum absolute atomic E-state index is 5.80. The van der Waals surface area contributed by atoms with Crippen molar-refractivity contribution in [2.45, 2.75) is 19.9 Å². The fraction of sp³-hybridized carbons (Fsp3) is 0.615. The van der Waals surface area contributed by atoms with Crippen LogP contribution in [0.2, 0.25) is 0 Å². The predicted octanol–water partition coefficient (Wildman–Crippen LogP) is 0.991. The third kappa shape index (κ3) is 2.96. The van der Waals surface area contributed by atoms with E-state index >= 15 is 0 Å². The maximum Gasteiger partial charge on any atom is 0.0445 e. The molecule has 1 aromatic heterocycles. The highest BCUT2D eigenvalue weighted by atomic mass is 15.2. The molecule has 0 bridgehead atoms. The molecule has 1 saturated heterocycles. The Morgan fingerprint density at radius 3 is 2.88 bits per heavy atom. The zero-order valence-corrected chi connectivity index (χ0v) is 10.8. The lowest BCUT2D eigenvalue weighted by atomic mass is 10.2. The summed E-state index contributed by atoms with van der Waals surface area (Å²) in [6, 6.07) is 2.16. The molecule has 4 nitrogen and oxygen atoms in total. The van der Waals surface area contributed by atoms with E-state index in [1.807, 2.05) is 13.1 Å². The lowest BCUT2D eigenvalue weighted by Crippen LogP contribution is -2.29. The van der Waals surface area contributed by atoms with E-state index in [1.165, 1.54) is 18.7 Å². The molecule has 0 spiro atoms. The number of nitrogens with two attached hydrogens (primary N) is 1. The zero-order valence-electron chi connectivity index (χ0n) is 10.8. The summed E-state index contributed by atoms with van der Waals surface area (Å²) in [7, 11) is 2.19. The number of hydrogen-bond acceptors (Lipinski definition) is 4. The molecule has 0 saturated carbocycles. The van der Waals surface area contributed by atoms with Crippen LogP contribution in [0.1, 0.15) is 17.7 Å². The van der Waals surface area contributed by atoms with E-state index in [0.29, 0.717) is 6.54 Å². The molecule has 0 radical (unpaired) electrons. The van der Waals surface area contributed by atoms with Gasteiger partial charge in [0.25, 0.3) is 0 Å². The van der Waals surface area contributed by atoms with Crippen molar-refractivity contribution >= 4 is 5.69 Å².